The molecule has 2 heterocycles. The Labute approximate surface area is 174 Å². The quantitative estimate of drug-likeness (QED) is 0.610. The van der Waals surface area contributed by atoms with Crippen LogP contribution in [0, 0.1) is 18.7 Å². The summed E-state index contributed by atoms with van der Waals surface area (Å²) in [6.07, 6.45) is 2.28. The van der Waals surface area contributed by atoms with Gasteiger partial charge in [0.2, 0.25) is 0 Å². The number of hydrogen-bond donors (Lipinski definition) is 0. The number of aryl methyl sites for hydroxylation is 1. The van der Waals surface area contributed by atoms with Gasteiger partial charge in [0.1, 0.15) is 11.6 Å². The highest BCUT2D eigenvalue weighted by Crippen LogP contribution is 2.28. The number of hydrogen-bond acceptors (Lipinski definition) is 3. The SMILES string of the molecule is CCN1CCC[C@H](Cn2c(C)nc3ccc(-c4cc(Cl)ccc4F)cc3c2=O)C1. The van der Waals surface area contributed by atoms with E-state index in [1.807, 2.05) is 6.92 Å². The number of halogens is 2. The van der Waals surface area contributed by atoms with Gasteiger partial charge in [-0.2, -0.15) is 0 Å². The van der Waals surface area contributed by atoms with Crippen molar-refractivity contribution in [2.75, 3.05) is 19.6 Å². The molecule has 2 aromatic carbocycles. The van der Waals surface area contributed by atoms with Crippen LogP contribution in [0.3, 0.4) is 0 Å². The Bertz CT molecular complexity index is 1110. The molecule has 0 amide bonds. The molecule has 0 aliphatic carbocycles. The van der Waals surface area contributed by atoms with Crippen molar-refractivity contribution < 1.29 is 4.39 Å². The third-order valence-corrected chi connectivity index (χ3v) is 6.11. The number of likely N-dealkylation sites (tertiary alicyclic amines) is 1. The van der Waals surface area contributed by atoms with E-state index < -0.39 is 0 Å². The second-order valence-corrected chi connectivity index (χ2v) is 8.27. The summed E-state index contributed by atoms with van der Waals surface area (Å²) in [6, 6.07) is 9.74. The van der Waals surface area contributed by atoms with E-state index in [9.17, 15) is 9.18 Å². The van der Waals surface area contributed by atoms with Crippen LogP contribution in [-0.4, -0.2) is 34.1 Å². The zero-order valence-electron chi connectivity index (χ0n) is 16.8. The lowest BCUT2D eigenvalue weighted by Crippen LogP contribution is -2.38. The van der Waals surface area contributed by atoms with Gasteiger partial charge >= 0.3 is 0 Å². The van der Waals surface area contributed by atoms with Gasteiger partial charge in [-0.05, 0) is 74.7 Å². The van der Waals surface area contributed by atoms with Crippen molar-refractivity contribution in [3.05, 3.63) is 63.4 Å². The Kier molecular flexibility index (Phi) is 5.70. The molecule has 0 bridgehead atoms. The van der Waals surface area contributed by atoms with Crippen LogP contribution >= 0.6 is 11.6 Å². The van der Waals surface area contributed by atoms with E-state index in [0.717, 1.165) is 38.3 Å². The van der Waals surface area contributed by atoms with E-state index in [4.69, 9.17) is 11.6 Å². The highest BCUT2D eigenvalue weighted by molar-refractivity contribution is 6.30. The lowest BCUT2D eigenvalue weighted by molar-refractivity contribution is 0.168. The van der Waals surface area contributed by atoms with E-state index in [1.54, 1.807) is 28.8 Å². The Morgan fingerprint density at radius 2 is 2.07 bits per heavy atom. The molecule has 0 unspecified atom stereocenters. The lowest BCUT2D eigenvalue weighted by Gasteiger charge is -2.32. The first-order valence-electron chi connectivity index (χ1n) is 10.1. The molecule has 3 aromatic rings. The first kappa shape index (κ1) is 20.0. The average Bonchev–Trinajstić information content (AvgIpc) is 2.73. The molecule has 0 spiro atoms. The summed E-state index contributed by atoms with van der Waals surface area (Å²) < 4.78 is 16.1. The Hall–Kier alpha value is -2.24. The van der Waals surface area contributed by atoms with Gasteiger partial charge < -0.3 is 4.90 Å². The van der Waals surface area contributed by atoms with Crippen molar-refractivity contribution in [2.45, 2.75) is 33.2 Å². The predicted molar refractivity (Wildman–Crippen MR) is 116 cm³/mol. The maximum Gasteiger partial charge on any atom is 0.261 e. The number of nitrogens with zero attached hydrogens (tertiary/aromatic N) is 3. The summed E-state index contributed by atoms with van der Waals surface area (Å²) in [6.45, 7) is 7.90. The summed E-state index contributed by atoms with van der Waals surface area (Å²) in [5, 5.41) is 0.967. The van der Waals surface area contributed by atoms with Crippen molar-refractivity contribution in [2.24, 2.45) is 5.92 Å². The van der Waals surface area contributed by atoms with Gasteiger partial charge in [-0.25, -0.2) is 9.37 Å². The first-order valence-corrected chi connectivity index (χ1v) is 10.5. The monoisotopic (exact) mass is 413 g/mol. The van der Waals surface area contributed by atoms with Crippen LogP contribution in [0.25, 0.3) is 22.0 Å². The van der Waals surface area contributed by atoms with Gasteiger partial charge in [-0.3, -0.25) is 9.36 Å². The summed E-state index contributed by atoms with van der Waals surface area (Å²) in [7, 11) is 0. The standard InChI is InChI=1S/C23H25ClFN3O/c1-3-27-10-4-5-16(13-27)14-28-15(2)26-22-9-6-17(11-20(22)23(28)29)19-12-18(24)7-8-21(19)25/h6-9,11-12,16H,3-5,10,13-14H2,1-2H3/t16-/m0/s1. The van der Waals surface area contributed by atoms with Gasteiger partial charge in [0.15, 0.2) is 0 Å². The topological polar surface area (TPSA) is 38.1 Å². The van der Waals surface area contributed by atoms with Crippen LogP contribution in [0.1, 0.15) is 25.6 Å². The van der Waals surface area contributed by atoms with Crippen molar-refractivity contribution >= 4 is 22.5 Å². The molecule has 6 heteroatoms. The molecule has 1 aliphatic heterocycles. The second-order valence-electron chi connectivity index (χ2n) is 7.83. The number of aromatic nitrogens is 2. The first-order chi connectivity index (χ1) is 14.0. The maximum absolute atomic E-state index is 14.3. The van der Waals surface area contributed by atoms with E-state index in [1.165, 1.54) is 12.1 Å². The predicted octanol–water partition coefficient (Wildman–Crippen LogP) is 4.90. The fourth-order valence-electron chi connectivity index (χ4n) is 4.28. The summed E-state index contributed by atoms with van der Waals surface area (Å²) in [5.74, 6) is 0.793. The fourth-order valence-corrected chi connectivity index (χ4v) is 4.45. The maximum atomic E-state index is 14.3. The number of fused-ring (bicyclic) bond motifs is 1. The fraction of sp³-hybridized carbons (Fsp3) is 0.391. The summed E-state index contributed by atoms with van der Waals surface area (Å²) >= 11 is 6.05. The Morgan fingerprint density at radius 1 is 1.24 bits per heavy atom. The van der Waals surface area contributed by atoms with Crippen LogP contribution in [0.4, 0.5) is 4.39 Å². The zero-order chi connectivity index (χ0) is 20.5. The lowest BCUT2D eigenvalue weighted by atomic mass is 9.97. The molecule has 0 radical (unpaired) electrons. The van der Waals surface area contributed by atoms with Crippen LogP contribution in [-0.2, 0) is 6.54 Å². The van der Waals surface area contributed by atoms with Gasteiger partial charge in [-0.1, -0.05) is 24.6 Å². The minimum absolute atomic E-state index is 0.0644. The molecule has 1 aromatic heterocycles. The van der Waals surface area contributed by atoms with E-state index in [0.29, 0.717) is 39.5 Å². The van der Waals surface area contributed by atoms with E-state index in [2.05, 4.69) is 16.8 Å². The highest BCUT2D eigenvalue weighted by atomic mass is 35.5. The molecule has 1 atom stereocenters. The van der Waals surface area contributed by atoms with Crippen LogP contribution in [0.5, 0.6) is 0 Å². The molecule has 0 N–H and O–H groups in total. The Morgan fingerprint density at radius 3 is 2.86 bits per heavy atom. The van der Waals surface area contributed by atoms with Crippen molar-refractivity contribution in [3.63, 3.8) is 0 Å². The number of benzene rings is 2. The molecule has 0 saturated carbocycles. The van der Waals surface area contributed by atoms with Crippen molar-refractivity contribution in [1.82, 2.24) is 14.5 Å². The van der Waals surface area contributed by atoms with E-state index in [-0.39, 0.29) is 11.4 Å². The van der Waals surface area contributed by atoms with Crippen LogP contribution < -0.4 is 5.56 Å². The third-order valence-electron chi connectivity index (χ3n) is 5.88. The second kappa shape index (κ2) is 8.25. The van der Waals surface area contributed by atoms with Crippen LogP contribution in [0.2, 0.25) is 5.02 Å². The van der Waals surface area contributed by atoms with E-state index >= 15 is 0 Å². The molecular formula is C23H25ClFN3O. The Balaban J connectivity index is 1.75. The van der Waals surface area contributed by atoms with Gasteiger partial charge in [0.05, 0.1) is 10.9 Å². The highest BCUT2D eigenvalue weighted by Gasteiger charge is 2.21. The van der Waals surface area contributed by atoms with Crippen LogP contribution in [0.15, 0.2) is 41.2 Å². The molecule has 1 saturated heterocycles. The minimum atomic E-state index is -0.365. The largest absolute Gasteiger partial charge is 0.303 e. The van der Waals surface area contributed by atoms with Crippen molar-refractivity contribution in [3.8, 4) is 11.1 Å². The van der Waals surface area contributed by atoms with Gasteiger partial charge in [0.25, 0.3) is 5.56 Å². The minimum Gasteiger partial charge on any atom is -0.303 e. The average molecular weight is 414 g/mol. The molecule has 29 heavy (non-hydrogen) atoms. The zero-order valence-corrected chi connectivity index (χ0v) is 17.5. The normalized spacial score (nSPS) is 17.7. The molecule has 4 nitrogen and oxygen atoms in total. The van der Waals surface area contributed by atoms with Crippen molar-refractivity contribution in [1.29, 1.82) is 0 Å². The number of piperidine rings is 1. The molecule has 4 rings (SSSR count). The molecule has 1 fully saturated rings. The smallest absolute Gasteiger partial charge is 0.261 e. The molecular weight excluding hydrogens is 389 g/mol. The molecule has 152 valence electrons. The summed E-state index contributed by atoms with van der Waals surface area (Å²) in [5.41, 5.74) is 1.58. The summed E-state index contributed by atoms with van der Waals surface area (Å²) in [4.78, 5) is 20.4. The van der Waals surface area contributed by atoms with Gasteiger partial charge in [-0.15, -0.1) is 0 Å². The third kappa shape index (κ3) is 4.07. The van der Waals surface area contributed by atoms with Gasteiger partial charge in [0, 0.05) is 23.7 Å². The number of rotatable bonds is 4. The molecule has 1 aliphatic rings.